The largest absolute Gasteiger partial charge is 0.394 e. The van der Waals surface area contributed by atoms with Crippen LogP contribution in [-0.4, -0.2) is 93.1 Å². The third-order valence-electron chi connectivity index (χ3n) is 8.42. The minimum Gasteiger partial charge on any atom is -0.394 e. The van der Waals surface area contributed by atoms with E-state index >= 15 is 0 Å². The lowest BCUT2D eigenvalue weighted by Gasteiger charge is -2.41. The molecule has 1 N–H and O–H groups in total. The summed E-state index contributed by atoms with van der Waals surface area (Å²) in [7, 11) is 0. The van der Waals surface area contributed by atoms with Crippen LogP contribution in [-0.2, 0) is 19.1 Å². The fraction of sp³-hybridized carbons (Fsp3) is 0.741. The molecular weight excluding hydrogens is 446 g/mol. The highest BCUT2D eigenvalue weighted by Gasteiger charge is 2.75. The predicted octanol–water partition coefficient (Wildman–Crippen LogP) is 2.12. The highest BCUT2D eigenvalue weighted by molar-refractivity contribution is 6.00. The van der Waals surface area contributed by atoms with Crippen LogP contribution >= 0.6 is 0 Å². The van der Waals surface area contributed by atoms with E-state index < -0.39 is 35.1 Å². The van der Waals surface area contributed by atoms with E-state index in [2.05, 4.69) is 6.92 Å². The van der Waals surface area contributed by atoms with Gasteiger partial charge in [0.15, 0.2) is 0 Å². The van der Waals surface area contributed by atoms with Crippen molar-refractivity contribution >= 4 is 17.7 Å². The number of ether oxygens (including phenoxy) is 1. The maximum absolute atomic E-state index is 14.2. The van der Waals surface area contributed by atoms with E-state index in [0.717, 1.165) is 19.3 Å². The maximum Gasteiger partial charge on any atom is 0.249 e. The Hall–Kier alpha value is -2.19. The lowest BCUT2D eigenvalue weighted by atomic mass is 9.74. The zero-order chi connectivity index (χ0) is 25.5. The molecule has 0 bridgehead atoms. The fourth-order valence-corrected chi connectivity index (χ4v) is 6.78. The second-order valence-electron chi connectivity index (χ2n) is 10.7. The summed E-state index contributed by atoms with van der Waals surface area (Å²) in [6.45, 7) is 11.2. The van der Waals surface area contributed by atoms with Gasteiger partial charge in [0.1, 0.15) is 11.6 Å². The maximum atomic E-state index is 14.2. The topological polar surface area (TPSA) is 90.4 Å². The molecule has 4 aliphatic heterocycles. The molecule has 3 amide bonds. The number of carbonyl (C=O) groups is 3. The van der Waals surface area contributed by atoms with E-state index in [9.17, 15) is 19.5 Å². The van der Waals surface area contributed by atoms with E-state index in [1.54, 1.807) is 9.80 Å². The molecule has 2 fully saturated rings. The highest BCUT2D eigenvalue weighted by Crippen LogP contribution is 2.58. The van der Waals surface area contributed by atoms with Crippen LogP contribution in [0.4, 0.5) is 0 Å². The molecular formula is C27H41N3O5. The predicted molar refractivity (Wildman–Crippen MR) is 132 cm³/mol. The molecule has 0 aromatic carbocycles. The molecule has 8 heteroatoms. The van der Waals surface area contributed by atoms with Gasteiger partial charge in [-0.15, -0.1) is 0 Å². The van der Waals surface area contributed by atoms with Gasteiger partial charge in [-0.2, -0.15) is 0 Å². The molecule has 0 radical (unpaired) electrons. The van der Waals surface area contributed by atoms with Gasteiger partial charge in [-0.1, -0.05) is 51.5 Å². The average molecular weight is 488 g/mol. The Morgan fingerprint density at radius 3 is 2.37 bits per heavy atom. The molecule has 7 atom stereocenters. The fourth-order valence-electron chi connectivity index (χ4n) is 6.78. The lowest BCUT2D eigenvalue weighted by Crippen LogP contribution is -2.59. The Labute approximate surface area is 208 Å². The lowest BCUT2D eigenvalue weighted by molar-refractivity contribution is -0.156. The van der Waals surface area contributed by atoms with Crippen molar-refractivity contribution in [3.05, 3.63) is 24.3 Å². The molecule has 194 valence electrons. The third kappa shape index (κ3) is 3.84. The van der Waals surface area contributed by atoms with E-state index in [-0.39, 0.29) is 30.4 Å². The van der Waals surface area contributed by atoms with E-state index in [0.29, 0.717) is 26.1 Å². The summed E-state index contributed by atoms with van der Waals surface area (Å²) in [6, 6.07) is -1.44. The first-order valence-corrected chi connectivity index (χ1v) is 13.3. The second kappa shape index (κ2) is 9.69. The van der Waals surface area contributed by atoms with Gasteiger partial charge >= 0.3 is 0 Å². The van der Waals surface area contributed by atoms with Crippen LogP contribution in [0.15, 0.2) is 24.3 Å². The zero-order valence-electron chi connectivity index (χ0n) is 21.8. The Morgan fingerprint density at radius 1 is 1.03 bits per heavy atom. The number of aliphatic hydroxyl groups is 1. The van der Waals surface area contributed by atoms with Gasteiger partial charge in [0, 0.05) is 25.7 Å². The van der Waals surface area contributed by atoms with E-state index in [1.807, 2.05) is 56.9 Å². The van der Waals surface area contributed by atoms with Gasteiger partial charge in [0.2, 0.25) is 17.7 Å². The Kier molecular flexibility index (Phi) is 7.17. The number of rotatable bonds is 8. The van der Waals surface area contributed by atoms with Crippen LogP contribution in [0, 0.1) is 11.8 Å². The van der Waals surface area contributed by atoms with Crippen molar-refractivity contribution in [1.82, 2.24) is 14.7 Å². The summed E-state index contributed by atoms with van der Waals surface area (Å²) in [4.78, 5) is 47.5. The number of aliphatic hydroxyl groups excluding tert-OH is 1. The van der Waals surface area contributed by atoms with E-state index in [4.69, 9.17) is 4.74 Å². The second-order valence-corrected chi connectivity index (χ2v) is 10.7. The smallest absolute Gasteiger partial charge is 0.249 e. The quantitative estimate of drug-likeness (QED) is 0.530. The molecule has 0 saturated carbocycles. The summed E-state index contributed by atoms with van der Waals surface area (Å²) in [5.74, 6) is -2.10. The molecule has 2 unspecified atom stereocenters. The van der Waals surface area contributed by atoms with Crippen LogP contribution < -0.4 is 0 Å². The standard InChI is InChI=1S/C27H41N3O5/c1-6-11-18(4)29-16-10-13-27-21(24(33)30(19(8-3)17-31)22(27)25(29)34)20-23(32)28(14-7-2)15-9-12-26(20,5)35-27/h9-10,12-13,18-22,31H,6-8,11,14-17H2,1-5H3/t18?,19-,20+,21-,22?,26-,27-/m0/s1. The minimum absolute atomic E-state index is 0.00143. The Bertz CT molecular complexity index is 914. The first-order valence-electron chi connectivity index (χ1n) is 13.3. The van der Waals surface area contributed by atoms with Crippen molar-refractivity contribution in [3.8, 4) is 0 Å². The van der Waals surface area contributed by atoms with Gasteiger partial charge in [-0.3, -0.25) is 14.4 Å². The number of amides is 3. The molecule has 0 aromatic heterocycles. The minimum atomic E-state index is -1.26. The van der Waals surface area contributed by atoms with Crippen LogP contribution in [0.25, 0.3) is 0 Å². The summed E-state index contributed by atoms with van der Waals surface area (Å²) in [5.41, 5.74) is -2.26. The summed E-state index contributed by atoms with van der Waals surface area (Å²) in [5, 5.41) is 10.2. The number of nitrogens with zero attached hydrogens (tertiary/aromatic N) is 3. The van der Waals surface area contributed by atoms with Crippen molar-refractivity contribution in [3.63, 3.8) is 0 Å². The Balaban J connectivity index is 1.87. The van der Waals surface area contributed by atoms with Gasteiger partial charge in [0.05, 0.1) is 30.1 Å². The molecule has 8 nitrogen and oxygen atoms in total. The van der Waals surface area contributed by atoms with Gasteiger partial charge in [-0.05, 0) is 33.1 Å². The molecule has 4 heterocycles. The first kappa shape index (κ1) is 25.9. The van der Waals surface area contributed by atoms with Gasteiger partial charge < -0.3 is 24.5 Å². The van der Waals surface area contributed by atoms with Crippen molar-refractivity contribution in [2.45, 2.75) is 89.6 Å². The number of carbonyl (C=O) groups excluding carboxylic acids is 3. The molecule has 1 spiro atoms. The van der Waals surface area contributed by atoms with Crippen LogP contribution in [0.3, 0.4) is 0 Å². The van der Waals surface area contributed by atoms with Crippen molar-refractivity contribution in [2.75, 3.05) is 26.2 Å². The third-order valence-corrected chi connectivity index (χ3v) is 8.42. The van der Waals surface area contributed by atoms with Crippen LogP contribution in [0.1, 0.15) is 60.3 Å². The number of fused-ring (bicyclic) bond motifs is 2. The van der Waals surface area contributed by atoms with Gasteiger partial charge in [-0.25, -0.2) is 0 Å². The molecule has 0 aromatic rings. The number of likely N-dealkylation sites (tertiary alicyclic amines) is 1. The normalized spacial score (nSPS) is 36.1. The van der Waals surface area contributed by atoms with Crippen molar-refractivity contribution in [2.24, 2.45) is 11.8 Å². The van der Waals surface area contributed by atoms with Crippen LogP contribution in [0.5, 0.6) is 0 Å². The zero-order valence-corrected chi connectivity index (χ0v) is 21.8. The molecule has 2 saturated heterocycles. The molecule has 35 heavy (non-hydrogen) atoms. The SMILES string of the molecule is CCCC(C)N1CC=C[C@]23O[C@@]4(C)C=CCN(CCC)C(=O)[C@H]4[C@H]2C(=O)N([C@@H](CC)CO)C3C1=O. The monoisotopic (exact) mass is 487 g/mol. The number of hydrogen-bond donors (Lipinski definition) is 1. The van der Waals surface area contributed by atoms with Gasteiger partial charge in [0.25, 0.3) is 0 Å². The molecule has 4 rings (SSSR count). The molecule has 4 aliphatic rings. The molecule has 0 aliphatic carbocycles. The van der Waals surface area contributed by atoms with Crippen molar-refractivity contribution < 1.29 is 24.2 Å². The highest BCUT2D eigenvalue weighted by atomic mass is 16.5. The van der Waals surface area contributed by atoms with E-state index in [1.165, 1.54) is 0 Å². The summed E-state index contributed by atoms with van der Waals surface area (Å²) in [6.07, 6.45) is 10.8. The van der Waals surface area contributed by atoms with Crippen molar-refractivity contribution in [1.29, 1.82) is 0 Å². The van der Waals surface area contributed by atoms with Crippen LogP contribution in [0.2, 0.25) is 0 Å². The first-order chi connectivity index (χ1) is 16.7. The Morgan fingerprint density at radius 2 is 1.74 bits per heavy atom. The average Bonchev–Trinajstić information content (AvgIpc) is 3.09. The summed E-state index contributed by atoms with van der Waals surface area (Å²) >= 11 is 0. The summed E-state index contributed by atoms with van der Waals surface area (Å²) < 4.78 is 6.81. The number of hydrogen-bond acceptors (Lipinski definition) is 5.